The average Bonchev–Trinajstić information content (AvgIpc) is 3.29. The molecule has 3 aromatic rings. The molecule has 1 aromatic carbocycles. The standard InChI is InChI=1S/C25H31N7O3/c33-24-21-14-26-32(20-4-2-1-3-5-20)23(21)28-22(29-24)17-15-31(16-17)25(34)27-18-6-8-19(9-7-18)30-10-12-35-13-11-30/h6-9,14,17,20H,1-5,10-13,15-16H2,(H,27,34)(H,28,29,33). The van der Waals surface area contributed by atoms with E-state index in [1.807, 2.05) is 28.9 Å². The number of rotatable bonds is 4. The van der Waals surface area contributed by atoms with Gasteiger partial charge in [0, 0.05) is 37.6 Å². The fraction of sp³-hybridized carbons (Fsp3) is 0.520. The molecule has 2 aromatic heterocycles. The van der Waals surface area contributed by atoms with Gasteiger partial charge in [-0.05, 0) is 37.1 Å². The second-order valence-corrected chi connectivity index (χ2v) is 9.75. The number of likely N-dealkylation sites (tertiary alicyclic amines) is 1. The van der Waals surface area contributed by atoms with E-state index < -0.39 is 0 Å². The van der Waals surface area contributed by atoms with Crippen LogP contribution in [0.2, 0.25) is 0 Å². The van der Waals surface area contributed by atoms with Crippen molar-refractivity contribution >= 4 is 28.4 Å². The molecule has 2 amide bonds. The van der Waals surface area contributed by atoms with Crippen LogP contribution < -0.4 is 15.8 Å². The van der Waals surface area contributed by atoms with Gasteiger partial charge in [-0.15, -0.1) is 0 Å². The van der Waals surface area contributed by atoms with Crippen LogP contribution in [0.4, 0.5) is 16.2 Å². The van der Waals surface area contributed by atoms with E-state index in [9.17, 15) is 9.59 Å². The summed E-state index contributed by atoms with van der Waals surface area (Å²) >= 11 is 0. The molecule has 3 aliphatic rings. The number of aromatic nitrogens is 4. The first-order valence-electron chi connectivity index (χ1n) is 12.6. The van der Waals surface area contributed by atoms with Gasteiger partial charge >= 0.3 is 6.03 Å². The Morgan fingerprint density at radius 1 is 1.06 bits per heavy atom. The van der Waals surface area contributed by atoms with E-state index in [0.29, 0.717) is 36.0 Å². The molecule has 184 valence electrons. The van der Waals surface area contributed by atoms with Crippen molar-refractivity contribution in [3.63, 3.8) is 0 Å². The van der Waals surface area contributed by atoms with Crippen molar-refractivity contribution in [3.8, 4) is 0 Å². The van der Waals surface area contributed by atoms with Gasteiger partial charge < -0.3 is 24.8 Å². The van der Waals surface area contributed by atoms with E-state index in [2.05, 4.69) is 20.3 Å². The number of aromatic amines is 1. The Labute approximate surface area is 203 Å². The molecule has 0 spiro atoms. The fourth-order valence-electron chi connectivity index (χ4n) is 5.34. The Balaban J connectivity index is 1.10. The van der Waals surface area contributed by atoms with Crippen molar-refractivity contribution in [2.75, 3.05) is 49.6 Å². The van der Waals surface area contributed by atoms with Crippen molar-refractivity contribution in [1.82, 2.24) is 24.6 Å². The first kappa shape index (κ1) is 22.1. The molecular formula is C25H31N7O3. The minimum absolute atomic E-state index is 0.0104. The highest BCUT2D eigenvalue weighted by molar-refractivity contribution is 5.90. The van der Waals surface area contributed by atoms with Gasteiger partial charge in [-0.1, -0.05) is 19.3 Å². The topological polar surface area (TPSA) is 108 Å². The summed E-state index contributed by atoms with van der Waals surface area (Å²) in [6, 6.07) is 8.08. The Morgan fingerprint density at radius 3 is 2.54 bits per heavy atom. The van der Waals surface area contributed by atoms with Crippen LogP contribution in [0.15, 0.2) is 35.3 Å². The largest absolute Gasteiger partial charge is 0.378 e. The third-order valence-corrected chi connectivity index (χ3v) is 7.45. The van der Waals surface area contributed by atoms with E-state index in [0.717, 1.165) is 50.5 Å². The number of urea groups is 1. The van der Waals surface area contributed by atoms with Gasteiger partial charge in [0.05, 0.1) is 31.4 Å². The number of fused-ring (bicyclic) bond motifs is 1. The number of morpholine rings is 1. The maximum Gasteiger partial charge on any atom is 0.321 e. The summed E-state index contributed by atoms with van der Waals surface area (Å²) in [4.78, 5) is 37.2. The number of nitrogens with zero attached hydrogens (tertiary/aromatic N) is 5. The van der Waals surface area contributed by atoms with Crippen LogP contribution in [0.1, 0.15) is 49.9 Å². The summed E-state index contributed by atoms with van der Waals surface area (Å²) in [7, 11) is 0. The van der Waals surface area contributed by atoms with Crippen molar-refractivity contribution < 1.29 is 9.53 Å². The molecule has 6 rings (SSSR count). The minimum atomic E-state index is -0.157. The third kappa shape index (κ3) is 4.38. The summed E-state index contributed by atoms with van der Waals surface area (Å²) in [5.74, 6) is 0.648. The van der Waals surface area contributed by atoms with Gasteiger partial charge in [0.1, 0.15) is 11.2 Å². The molecule has 0 radical (unpaired) electrons. The Bertz CT molecular complexity index is 1250. The smallest absolute Gasteiger partial charge is 0.321 e. The van der Waals surface area contributed by atoms with Crippen molar-refractivity contribution in [2.24, 2.45) is 0 Å². The second-order valence-electron chi connectivity index (χ2n) is 9.75. The molecule has 2 N–H and O–H groups in total. The predicted molar refractivity (Wildman–Crippen MR) is 133 cm³/mol. The fourth-order valence-corrected chi connectivity index (χ4v) is 5.34. The van der Waals surface area contributed by atoms with E-state index >= 15 is 0 Å². The third-order valence-electron chi connectivity index (χ3n) is 7.45. The minimum Gasteiger partial charge on any atom is -0.378 e. The van der Waals surface area contributed by atoms with Crippen LogP contribution >= 0.6 is 0 Å². The second kappa shape index (κ2) is 9.33. The molecule has 4 heterocycles. The molecule has 10 heteroatoms. The Hall–Kier alpha value is -3.40. The van der Waals surface area contributed by atoms with Gasteiger partial charge in [0.25, 0.3) is 5.56 Å². The first-order valence-corrected chi connectivity index (χ1v) is 12.6. The number of ether oxygens (including phenoxy) is 1. The molecular weight excluding hydrogens is 446 g/mol. The summed E-state index contributed by atoms with van der Waals surface area (Å²) in [6.07, 6.45) is 7.41. The molecule has 1 aliphatic carbocycles. The zero-order valence-electron chi connectivity index (χ0n) is 19.8. The number of hydrogen-bond donors (Lipinski definition) is 2. The SMILES string of the molecule is O=C(Nc1ccc(N2CCOCC2)cc1)N1CC(c2nc3c(cnn3C3CCCCC3)c(=O)[nH]2)C1. The maximum absolute atomic E-state index is 12.7. The van der Waals surface area contributed by atoms with Crippen molar-refractivity contribution in [2.45, 2.75) is 44.1 Å². The van der Waals surface area contributed by atoms with Gasteiger partial charge in [0.2, 0.25) is 0 Å². The Kier molecular flexibility index (Phi) is 5.89. The van der Waals surface area contributed by atoms with Crippen LogP contribution in [0.3, 0.4) is 0 Å². The van der Waals surface area contributed by atoms with E-state index in [1.54, 1.807) is 11.1 Å². The monoisotopic (exact) mass is 477 g/mol. The maximum atomic E-state index is 12.7. The number of amides is 2. The molecule has 0 unspecified atom stereocenters. The van der Waals surface area contributed by atoms with Gasteiger partial charge in [-0.2, -0.15) is 5.10 Å². The van der Waals surface area contributed by atoms with Crippen LogP contribution in [-0.4, -0.2) is 70.1 Å². The van der Waals surface area contributed by atoms with E-state index in [4.69, 9.17) is 9.72 Å². The first-order chi connectivity index (χ1) is 17.2. The number of H-pyrrole nitrogens is 1. The van der Waals surface area contributed by atoms with Crippen LogP contribution in [-0.2, 0) is 4.74 Å². The van der Waals surface area contributed by atoms with E-state index in [1.165, 1.54) is 19.3 Å². The summed E-state index contributed by atoms with van der Waals surface area (Å²) in [5.41, 5.74) is 2.40. The molecule has 0 bridgehead atoms. The van der Waals surface area contributed by atoms with Gasteiger partial charge in [-0.25, -0.2) is 14.5 Å². The highest BCUT2D eigenvalue weighted by Gasteiger charge is 2.34. The summed E-state index contributed by atoms with van der Waals surface area (Å²) < 4.78 is 7.35. The number of anilines is 2. The van der Waals surface area contributed by atoms with Crippen molar-refractivity contribution in [1.29, 1.82) is 0 Å². The normalized spacial score (nSPS) is 19.7. The number of hydrogen-bond acceptors (Lipinski definition) is 6. The number of carbonyl (C=O) groups is 1. The highest BCUT2D eigenvalue weighted by atomic mass is 16.5. The lowest BCUT2D eigenvalue weighted by Gasteiger charge is -2.38. The molecule has 2 aliphatic heterocycles. The lowest BCUT2D eigenvalue weighted by Crippen LogP contribution is -2.51. The lowest BCUT2D eigenvalue weighted by atomic mass is 9.96. The Morgan fingerprint density at radius 2 is 1.80 bits per heavy atom. The summed E-state index contributed by atoms with van der Waals surface area (Å²) in [5, 5.41) is 8.01. The van der Waals surface area contributed by atoms with Crippen LogP contribution in [0, 0.1) is 0 Å². The zero-order valence-corrected chi connectivity index (χ0v) is 19.8. The number of carbonyl (C=O) groups excluding carboxylic acids is 1. The predicted octanol–water partition coefficient (Wildman–Crippen LogP) is 3.09. The zero-order chi connectivity index (χ0) is 23.8. The summed E-state index contributed by atoms with van der Waals surface area (Å²) in [6.45, 7) is 4.27. The lowest BCUT2D eigenvalue weighted by molar-refractivity contribution is 0.122. The van der Waals surface area contributed by atoms with Crippen LogP contribution in [0.5, 0.6) is 0 Å². The number of nitrogens with one attached hydrogen (secondary N) is 2. The van der Waals surface area contributed by atoms with Gasteiger partial charge in [0.15, 0.2) is 5.65 Å². The molecule has 3 fully saturated rings. The molecule has 35 heavy (non-hydrogen) atoms. The van der Waals surface area contributed by atoms with E-state index in [-0.39, 0.29) is 17.5 Å². The molecule has 1 saturated carbocycles. The quantitative estimate of drug-likeness (QED) is 0.598. The van der Waals surface area contributed by atoms with Crippen LogP contribution in [0.25, 0.3) is 11.0 Å². The van der Waals surface area contributed by atoms with Crippen molar-refractivity contribution in [3.05, 3.63) is 46.6 Å². The number of benzene rings is 1. The van der Waals surface area contributed by atoms with Gasteiger partial charge in [-0.3, -0.25) is 4.79 Å². The molecule has 2 saturated heterocycles. The average molecular weight is 478 g/mol. The molecule has 10 nitrogen and oxygen atoms in total. The highest BCUT2D eigenvalue weighted by Crippen LogP contribution is 2.30. The molecule has 0 atom stereocenters.